The molecule has 2 aromatic carbocycles. The third-order valence-corrected chi connectivity index (χ3v) is 6.01. The van der Waals surface area contributed by atoms with Gasteiger partial charge in [-0.1, -0.05) is 23.7 Å². The number of hydrogen-bond donors (Lipinski definition) is 1. The third kappa shape index (κ3) is 4.30. The van der Waals surface area contributed by atoms with Gasteiger partial charge in [0.2, 0.25) is 5.91 Å². The van der Waals surface area contributed by atoms with Gasteiger partial charge in [0.05, 0.1) is 27.1 Å². The highest BCUT2D eigenvalue weighted by Crippen LogP contribution is 2.33. The maximum Gasteiger partial charge on any atom is 0.278 e. The molecule has 0 spiro atoms. The average Bonchev–Trinajstić information content (AvgIpc) is 2.79. The maximum atomic E-state index is 12.7. The number of carbonyl (C=O) groups is 1. The molecule has 4 rings (SSSR count). The van der Waals surface area contributed by atoms with Crippen molar-refractivity contribution in [3.05, 3.63) is 70.0 Å². The number of nitro groups is 1. The molecule has 31 heavy (non-hydrogen) atoms. The molecule has 0 unspecified atom stereocenters. The lowest BCUT2D eigenvalue weighted by Crippen LogP contribution is -2.52. The molecule has 0 bridgehead atoms. The lowest BCUT2D eigenvalue weighted by molar-refractivity contribution is -0.383. The molecule has 1 aromatic heterocycles. The number of amides is 1. The second kappa shape index (κ2) is 8.87. The SMILES string of the molecule is C[C@H](C(=O)Nc1ccccc1Cl)N1CCN(c2ccc([N+](=O)[O-])c3cnccc23)CC1. The number of pyridine rings is 1. The van der Waals surface area contributed by atoms with E-state index < -0.39 is 0 Å². The highest BCUT2D eigenvalue weighted by atomic mass is 35.5. The third-order valence-electron chi connectivity index (χ3n) is 5.68. The largest absolute Gasteiger partial charge is 0.368 e. The standard InChI is InChI=1S/C22H22ClN5O3/c1-15(22(29)25-19-5-3-2-4-18(19)23)26-10-12-27(13-11-26)20-6-7-21(28(30)31)17-14-24-9-8-16(17)20/h2-9,14-15H,10-13H2,1H3,(H,25,29)/t15-/m1/s1. The van der Waals surface area contributed by atoms with E-state index in [0.29, 0.717) is 42.3 Å². The van der Waals surface area contributed by atoms with E-state index in [1.54, 1.807) is 24.4 Å². The number of carbonyl (C=O) groups excluding carboxylic acids is 1. The number of para-hydroxylation sites is 1. The van der Waals surface area contributed by atoms with Gasteiger partial charge in [-0.15, -0.1) is 0 Å². The summed E-state index contributed by atoms with van der Waals surface area (Å²) in [4.78, 5) is 32.0. The van der Waals surface area contributed by atoms with E-state index in [1.165, 1.54) is 12.3 Å². The van der Waals surface area contributed by atoms with Crippen molar-refractivity contribution >= 4 is 45.3 Å². The summed E-state index contributed by atoms with van der Waals surface area (Å²) in [5.74, 6) is -0.103. The van der Waals surface area contributed by atoms with Gasteiger partial charge in [0.15, 0.2) is 0 Å². The van der Waals surface area contributed by atoms with Gasteiger partial charge in [-0.3, -0.25) is 24.8 Å². The van der Waals surface area contributed by atoms with Crippen LogP contribution >= 0.6 is 11.6 Å². The minimum Gasteiger partial charge on any atom is -0.368 e. The number of hydrogen-bond acceptors (Lipinski definition) is 6. The molecule has 0 aliphatic carbocycles. The van der Waals surface area contributed by atoms with Crippen LogP contribution in [0.5, 0.6) is 0 Å². The minimum absolute atomic E-state index is 0.0513. The Morgan fingerprint density at radius 3 is 2.58 bits per heavy atom. The van der Waals surface area contributed by atoms with Crippen LogP contribution in [-0.4, -0.2) is 52.9 Å². The molecule has 0 saturated carbocycles. The number of rotatable bonds is 5. The van der Waals surface area contributed by atoms with Crippen LogP contribution in [0.1, 0.15) is 6.92 Å². The number of anilines is 2. The first kappa shape index (κ1) is 21.0. The van der Waals surface area contributed by atoms with Gasteiger partial charge in [-0.2, -0.15) is 0 Å². The summed E-state index contributed by atoms with van der Waals surface area (Å²) in [6.45, 7) is 4.69. The van der Waals surface area contributed by atoms with Crippen LogP contribution in [-0.2, 0) is 4.79 Å². The summed E-state index contributed by atoms with van der Waals surface area (Å²) in [6.07, 6.45) is 3.18. The summed E-state index contributed by atoms with van der Waals surface area (Å²) in [5.41, 5.74) is 1.59. The topological polar surface area (TPSA) is 91.6 Å². The fraction of sp³-hybridized carbons (Fsp3) is 0.273. The maximum absolute atomic E-state index is 12.7. The molecule has 3 aromatic rings. The van der Waals surface area contributed by atoms with Gasteiger partial charge >= 0.3 is 0 Å². The molecule has 1 fully saturated rings. The Bertz CT molecular complexity index is 1130. The molecule has 8 nitrogen and oxygen atoms in total. The van der Waals surface area contributed by atoms with Gasteiger partial charge in [0, 0.05) is 55.7 Å². The first-order valence-electron chi connectivity index (χ1n) is 10.0. The number of non-ortho nitro benzene ring substituents is 1. The molecule has 0 radical (unpaired) electrons. The molecule has 1 N–H and O–H groups in total. The molecular weight excluding hydrogens is 418 g/mol. The highest BCUT2D eigenvalue weighted by Gasteiger charge is 2.27. The molecule has 1 saturated heterocycles. The predicted molar refractivity (Wildman–Crippen MR) is 122 cm³/mol. The van der Waals surface area contributed by atoms with Crippen molar-refractivity contribution in [2.24, 2.45) is 0 Å². The zero-order chi connectivity index (χ0) is 22.0. The quantitative estimate of drug-likeness (QED) is 0.478. The lowest BCUT2D eigenvalue weighted by atomic mass is 10.1. The van der Waals surface area contributed by atoms with E-state index in [4.69, 9.17) is 11.6 Å². The van der Waals surface area contributed by atoms with Gasteiger partial charge in [-0.25, -0.2) is 0 Å². The van der Waals surface area contributed by atoms with Crippen LogP contribution in [0.15, 0.2) is 54.9 Å². The Hall–Kier alpha value is -3.23. The molecule has 160 valence electrons. The highest BCUT2D eigenvalue weighted by molar-refractivity contribution is 6.33. The number of fused-ring (bicyclic) bond motifs is 1. The smallest absolute Gasteiger partial charge is 0.278 e. The number of nitrogens with zero attached hydrogens (tertiary/aromatic N) is 4. The van der Waals surface area contributed by atoms with Gasteiger partial charge < -0.3 is 10.2 Å². The van der Waals surface area contributed by atoms with Crippen molar-refractivity contribution in [1.82, 2.24) is 9.88 Å². The van der Waals surface area contributed by atoms with Gasteiger partial charge in [-0.05, 0) is 31.2 Å². The Morgan fingerprint density at radius 1 is 1.13 bits per heavy atom. The zero-order valence-corrected chi connectivity index (χ0v) is 17.7. The average molecular weight is 440 g/mol. The first-order valence-corrected chi connectivity index (χ1v) is 10.4. The Morgan fingerprint density at radius 2 is 1.87 bits per heavy atom. The lowest BCUT2D eigenvalue weighted by Gasteiger charge is -2.38. The molecular formula is C22H22ClN5O3. The van der Waals surface area contributed by atoms with E-state index in [0.717, 1.165) is 11.1 Å². The van der Waals surface area contributed by atoms with Crippen LogP contribution in [0.4, 0.5) is 17.1 Å². The zero-order valence-electron chi connectivity index (χ0n) is 17.0. The summed E-state index contributed by atoms with van der Waals surface area (Å²) in [5, 5.41) is 16.1. The number of benzene rings is 2. The van der Waals surface area contributed by atoms with Gasteiger partial charge in [0.25, 0.3) is 5.69 Å². The Kier molecular flexibility index (Phi) is 6.01. The second-order valence-corrected chi connectivity index (χ2v) is 7.86. The van der Waals surface area contributed by atoms with E-state index in [9.17, 15) is 14.9 Å². The van der Waals surface area contributed by atoms with Crippen LogP contribution in [0, 0.1) is 10.1 Å². The molecule has 9 heteroatoms. The van der Waals surface area contributed by atoms with E-state index in [2.05, 4.69) is 20.1 Å². The molecule has 1 aliphatic heterocycles. The van der Waals surface area contributed by atoms with E-state index in [1.807, 2.05) is 25.1 Å². The molecule has 2 heterocycles. The number of nitro benzene ring substituents is 1. The summed E-state index contributed by atoms with van der Waals surface area (Å²) >= 11 is 6.14. The number of piperazine rings is 1. The molecule has 1 amide bonds. The van der Waals surface area contributed by atoms with Crippen LogP contribution in [0.2, 0.25) is 5.02 Å². The fourth-order valence-electron chi connectivity index (χ4n) is 3.91. The molecule has 1 aliphatic rings. The van der Waals surface area contributed by atoms with Crippen LogP contribution < -0.4 is 10.2 Å². The van der Waals surface area contributed by atoms with Crippen LogP contribution in [0.25, 0.3) is 10.8 Å². The van der Waals surface area contributed by atoms with Crippen molar-refractivity contribution < 1.29 is 9.72 Å². The van der Waals surface area contributed by atoms with Crippen molar-refractivity contribution in [1.29, 1.82) is 0 Å². The van der Waals surface area contributed by atoms with Crippen molar-refractivity contribution in [2.75, 3.05) is 36.4 Å². The van der Waals surface area contributed by atoms with E-state index >= 15 is 0 Å². The summed E-state index contributed by atoms with van der Waals surface area (Å²) < 4.78 is 0. The van der Waals surface area contributed by atoms with Crippen molar-refractivity contribution in [3.8, 4) is 0 Å². The normalized spacial score (nSPS) is 15.6. The van der Waals surface area contributed by atoms with Crippen molar-refractivity contribution in [3.63, 3.8) is 0 Å². The summed E-state index contributed by atoms with van der Waals surface area (Å²) in [7, 11) is 0. The first-order chi connectivity index (χ1) is 15.0. The monoisotopic (exact) mass is 439 g/mol. The Balaban J connectivity index is 1.45. The fourth-order valence-corrected chi connectivity index (χ4v) is 4.09. The van der Waals surface area contributed by atoms with Crippen LogP contribution in [0.3, 0.4) is 0 Å². The summed E-state index contributed by atoms with van der Waals surface area (Å²) in [6, 6.07) is 12.0. The Labute approximate surface area is 184 Å². The number of nitrogens with one attached hydrogen (secondary N) is 1. The minimum atomic E-state index is -0.384. The van der Waals surface area contributed by atoms with Gasteiger partial charge in [0.1, 0.15) is 0 Å². The second-order valence-electron chi connectivity index (χ2n) is 7.45. The molecule has 1 atom stereocenters. The van der Waals surface area contributed by atoms with E-state index in [-0.39, 0.29) is 22.6 Å². The predicted octanol–water partition coefficient (Wildman–Crippen LogP) is 3.95. The number of halogens is 1. The van der Waals surface area contributed by atoms with Crippen molar-refractivity contribution in [2.45, 2.75) is 13.0 Å². The number of aromatic nitrogens is 1.